The third-order valence-electron chi connectivity index (χ3n) is 8.45. The van der Waals surface area contributed by atoms with E-state index < -0.39 is 44.1 Å². The number of imidazole rings is 1. The minimum Gasteiger partial charge on any atom is -0.395 e. The first kappa shape index (κ1) is 37.5. The fourth-order valence-corrected chi connectivity index (χ4v) is 8.07. The third-order valence-corrected chi connectivity index (χ3v) is 10.9. The molecule has 1 aliphatic rings. The Bertz CT molecular complexity index is 2630. The summed E-state index contributed by atoms with van der Waals surface area (Å²) in [4.78, 5) is 46.1. The van der Waals surface area contributed by atoms with Crippen LogP contribution in [0.4, 0.5) is 10.2 Å². The molecule has 16 nitrogen and oxygen atoms in total. The molecular formula is C37H28ClFN9O7PS. The van der Waals surface area contributed by atoms with Gasteiger partial charge in [-0.15, -0.1) is 0 Å². The molecule has 288 valence electrons. The van der Waals surface area contributed by atoms with Gasteiger partial charge >= 0.3 is 7.82 Å². The van der Waals surface area contributed by atoms with Crippen LogP contribution in [0.3, 0.4) is 0 Å². The molecule has 20 heteroatoms. The van der Waals surface area contributed by atoms with E-state index in [1.807, 2.05) is 12.1 Å². The molecule has 0 fully saturated rings. The Morgan fingerprint density at radius 3 is 2.40 bits per heavy atom. The first-order chi connectivity index (χ1) is 27.6. The average molecular weight is 828 g/mol. The molecule has 8 rings (SSSR count). The lowest BCUT2D eigenvalue weighted by Crippen LogP contribution is -2.41. The second kappa shape index (κ2) is 16.0. The van der Waals surface area contributed by atoms with Crippen LogP contribution < -0.4 is 25.0 Å². The molecule has 3 amide bonds. The van der Waals surface area contributed by atoms with Crippen LogP contribution in [0.1, 0.15) is 44.1 Å². The third kappa shape index (κ3) is 8.24. The van der Waals surface area contributed by atoms with E-state index in [1.54, 1.807) is 72.8 Å². The van der Waals surface area contributed by atoms with Gasteiger partial charge in [0.05, 0.1) is 29.2 Å². The number of carbonyl (C=O) groups excluding carboxylic acids is 3. The van der Waals surface area contributed by atoms with Gasteiger partial charge in [-0.05, 0) is 60.1 Å². The molecular weight excluding hydrogens is 800 g/mol. The highest BCUT2D eigenvalue weighted by atomic mass is 35.5. The zero-order valence-electron chi connectivity index (χ0n) is 29.2. The van der Waals surface area contributed by atoms with Crippen molar-refractivity contribution in [3.05, 3.63) is 149 Å². The SMILES string of the molecule is O=C1Cn2c(C(=O)NCc3cnn(COP(=O)(Oc4ccccc4)Oc4ccccc4)n3)nc(NC(=O)c3nsc4ccccc34)c2[C@H](c2cc(F)ccc2Cl)N1. The lowest BCUT2D eigenvalue weighted by molar-refractivity contribution is -0.123. The number of carbonyl (C=O) groups is 3. The number of nitrogens with one attached hydrogen (secondary N) is 3. The van der Waals surface area contributed by atoms with E-state index in [0.29, 0.717) is 5.39 Å². The number of amides is 3. The molecule has 4 aromatic carbocycles. The zero-order valence-corrected chi connectivity index (χ0v) is 31.7. The topological polar surface area (TPSA) is 193 Å². The Kier molecular flexibility index (Phi) is 10.5. The number of nitrogens with zero attached hydrogens (tertiary/aromatic N) is 6. The fraction of sp³-hybridized carbons (Fsp3) is 0.108. The molecule has 3 N–H and O–H groups in total. The van der Waals surface area contributed by atoms with Gasteiger partial charge in [-0.25, -0.2) is 18.5 Å². The van der Waals surface area contributed by atoms with Crippen molar-refractivity contribution in [2.24, 2.45) is 0 Å². The van der Waals surface area contributed by atoms with E-state index in [1.165, 1.54) is 22.9 Å². The van der Waals surface area contributed by atoms with Crippen molar-refractivity contribution in [2.75, 3.05) is 5.32 Å². The number of hydrogen-bond donors (Lipinski definition) is 3. The summed E-state index contributed by atoms with van der Waals surface area (Å²) >= 11 is 7.62. The molecule has 4 heterocycles. The van der Waals surface area contributed by atoms with E-state index in [-0.39, 0.29) is 63.9 Å². The molecule has 0 saturated heterocycles. The smallest absolute Gasteiger partial charge is 0.395 e. The first-order valence-corrected chi connectivity index (χ1v) is 19.7. The van der Waals surface area contributed by atoms with Gasteiger partial charge in [-0.1, -0.05) is 66.2 Å². The molecule has 0 radical (unpaired) electrons. The Morgan fingerprint density at radius 2 is 1.67 bits per heavy atom. The minimum atomic E-state index is -4.25. The largest absolute Gasteiger partial charge is 0.589 e. The highest BCUT2D eigenvalue weighted by Crippen LogP contribution is 2.49. The summed E-state index contributed by atoms with van der Waals surface area (Å²) in [6.07, 6.45) is 1.35. The van der Waals surface area contributed by atoms with Crippen LogP contribution >= 0.6 is 31.0 Å². The highest BCUT2D eigenvalue weighted by molar-refractivity contribution is 7.49. The van der Waals surface area contributed by atoms with Crippen LogP contribution in [-0.2, 0) is 33.7 Å². The Balaban J connectivity index is 1.02. The van der Waals surface area contributed by atoms with Gasteiger partial charge in [0.1, 0.15) is 35.2 Å². The van der Waals surface area contributed by atoms with Crippen LogP contribution in [0.15, 0.2) is 109 Å². The summed E-state index contributed by atoms with van der Waals surface area (Å²) < 4.78 is 51.5. The summed E-state index contributed by atoms with van der Waals surface area (Å²) in [7, 11) is -4.25. The van der Waals surface area contributed by atoms with Gasteiger partial charge in [-0.3, -0.25) is 14.4 Å². The highest BCUT2D eigenvalue weighted by Gasteiger charge is 2.37. The predicted molar refractivity (Wildman–Crippen MR) is 205 cm³/mol. The number of fused-ring (bicyclic) bond motifs is 2. The molecule has 0 bridgehead atoms. The van der Waals surface area contributed by atoms with Crippen molar-refractivity contribution >= 4 is 64.6 Å². The van der Waals surface area contributed by atoms with E-state index in [4.69, 9.17) is 25.2 Å². The quantitative estimate of drug-likeness (QED) is 0.107. The first-order valence-electron chi connectivity index (χ1n) is 17.0. The molecule has 0 aliphatic carbocycles. The monoisotopic (exact) mass is 827 g/mol. The number of para-hydroxylation sites is 2. The Hall–Kier alpha value is -6.46. The van der Waals surface area contributed by atoms with Gasteiger partial charge in [0.15, 0.2) is 12.5 Å². The standard InChI is InChI=1S/C37H28ClFN9O7PS/c38-28-16-15-22(39)17-27(28)31-33-34(44-36(50)32-26-13-7-8-14-29(26)57-46-32)43-35(47(33)20-30(49)42-31)37(51)40-18-23-19-41-48(45-23)21-53-56(52,54-24-9-3-1-4-10-24)55-25-11-5-2-6-12-25/h1-17,19,31H,18,20-21H2,(H,40,51)(H,42,49)(H,44,50)/t31-/m0/s1. The van der Waals surface area contributed by atoms with Crippen molar-refractivity contribution < 1.29 is 36.9 Å². The molecule has 3 aromatic heterocycles. The lowest BCUT2D eigenvalue weighted by Gasteiger charge is -2.28. The van der Waals surface area contributed by atoms with Crippen LogP contribution in [0, 0.1) is 5.82 Å². The van der Waals surface area contributed by atoms with E-state index in [0.717, 1.165) is 27.1 Å². The zero-order chi connectivity index (χ0) is 39.5. The number of rotatable bonds is 13. The molecule has 57 heavy (non-hydrogen) atoms. The van der Waals surface area contributed by atoms with Crippen molar-refractivity contribution in [3.63, 3.8) is 0 Å². The number of hydrogen-bond acceptors (Lipinski definition) is 12. The molecule has 1 aliphatic heterocycles. The summed E-state index contributed by atoms with van der Waals surface area (Å²) in [5.74, 6) is -2.31. The maximum Gasteiger partial charge on any atom is 0.589 e. The summed E-state index contributed by atoms with van der Waals surface area (Å²) in [5.41, 5.74) is 0.763. The van der Waals surface area contributed by atoms with Crippen LogP contribution in [0.2, 0.25) is 5.02 Å². The predicted octanol–water partition coefficient (Wildman–Crippen LogP) is 6.52. The normalized spacial score (nSPS) is 13.8. The number of anilines is 1. The van der Waals surface area contributed by atoms with Gasteiger partial charge in [0, 0.05) is 16.0 Å². The van der Waals surface area contributed by atoms with Crippen molar-refractivity contribution in [3.8, 4) is 11.5 Å². The van der Waals surface area contributed by atoms with Gasteiger partial charge in [0.25, 0.3) is 11.8 Å². The van der Waals surface area contributed by atoms with Gasteiger partial charge in [0.2, 0.25) is 11.7 Å². The average Bonchev–Trinajstić information content (AvgIpc) is 3.95. The van der Waals surface area contributed by atoms with E-state index in [2.05, 4.69) is 35.5 Å². The molecule has 0 saturated carbocycles. The summed E-state index contributed by atoms with van der Waals surface area (Å²) in [5, 5.41) is 17.4. The summed E-state index contributed by atoms with van der Waals surface area (Å²) in [6.45, 7) is -0.972. The second-order valence-electron chi connectivity index (χ2n) is 12.3. The number of halogens is 2. The number of phosphoric acid groups is 1. The fourth-order valence-electron chi connectivity index (χ4n) is 5.92. The van der Waals surface area contributed by atoms with Crippen LogP contribution in [-0.4, -0.2) is 46.6 Å². The maximum absolute atomic E-state index is 14.5. The van der Waals surface area contributed by atoms with Gasteiger partial charge < -0.3 is 29.6 Å². The van der Waals surface area contributed by atoms with Crippen molar-refractivity contribution in [2.45, 2.75) is 25.9 Å². The van der Waals surface area contributed by atoms with Crippen LogP contribution in [0.5, 0.6) is 11.5 Å². The maximum atomic E-state index is 14.5. The minimum absolute atomic E-state index is 0.0736. The van der Waals surface area contributed by atoms with E-state index >= 15 is 0 Å². The molecule has 7 aromatic rings. The van der Waals surface area contributed by atoms with Crippen LogP contribution in [0.25, 0.3) is 10.1 Å². The summed E-state index contributed by atoms with van der Waals surface area (Å²) in [6, 6.07) is 26.5. The number of aromatic nitrogens is 6. The Labute approximate surface area is 331 Å². The van der Waals surface area contributed by atoms with E-state index in [9.17, 15) is 23.3 Å². The van der Waals surface area contributed by atoms with Crippen molar-refractivity contribution in [1.29, 1.82) is 0 Å². The van der Waals surface area contributed by atoms with Gasteiger partial charge in [-0.2, -0.15) is 19.4 Å². The molecule has 1 atom stereocenters. The number of phosphoric ester groups is 1. The van der Waals surface area contributed by atoms with Crippen molar-refractivity contribution in [1.82, 2.24) is 39.6 Å². The molecule has 0 unspecified atom stereocenters. The lowest BCUT2D eigenvalue weighted by atomic mass is 10.0. The Morgan fingerprint density at radius 1 is 0.965 bits per heavy atom. The number of benzene rings is 4. The molecule has 0 spiro atoms. The second-order valence-corrected chi connectivity index (χ2v) is 15.0.